The average molecular weight is 339 g/mol. The van der Waals surface area contributed by atoms with Crippen LogP contribution in [0.1, 0.15) is 11.1 Å². The quantitative estimate of drug-likeness (QED) is 0.871. The fourth-order valence-electron chi connectivity index (χ4n) is 1.80. The van der Waals surface area contributed by atoms with Gasteiger partial charge in [0.25, 0.3) is 0 Å². The van der Waals surface area contributed by atoms with Gasteiger partial charge in [-0.3, -0.25) is 4.79 Å². The van der Waals surface area contributed by atoms with E-state index in [9.17, 15) is 4.79 Å². The molecule has 0 heterocycles. The largest absolute Gasteiger partial charge is 0.326 e. The van der Waals surface area contributed by atoms with Crippen LogP contribution in [0, 0.1) is 6.92 Å². The van der Waals surface area contributed by atoms with E-state index in [0.717, 1.165) is 21.3 Å². The Labute approximate surface area is 125 Å². The van der Waals surface area contributed by atoms with Crippen LogP contribution in [0.4, 0.5) is 5.69 Å². The lowest BCUT2D eigenvalue weighted by atomic mass is 10.1. The molecule has 0 bridgehead atoms. The number of hydrogen-bond donors (Lipinski definition) is 1. The van der Waals surface area contributed by atoms with E-state index < -0.39 is 0 Å². The van der Waals surface area contributed by atoms with E-state index in [1.165, 1.54) is 0 Å². The molecule has 0 fully saturated rings. The maximum atomic E-state index is 11.9. The van der Waals surface area contributed by atoms with E-state index >= 15 is 0 Å². The average Bonchev–Trinajstić information content (AvgIpc) is 2.30. The number of nitrogens with one attached hydrogen (secondary N) is 1. The van der Waals surface area contributed by atoms with Crippen LogP contribution in [0.2, 0.25) is 5.02 Å². The van der Waals surface area contributed by atoms with Crippen LogP contribution in [-0.4, -0.2) is 5.91 Å². The summed E-state index contributed by atoms with van der Waals surface area (Å²) in [6, 6.07) is 13.1. The van der Waals surface area contributed by atoms with Gasteiger partial charge < -0.3 is 5.32 Å². The van der Waals surface area contributed by atoms with Crippen molar-refractivity contribution in [2.24, 2.45) is 0 Å². The second-order valence-electron chi connectivity index (χ2n) is 4.37. The first-order valence-electron chi connectivity index (χ1n) is 5.84. The predicted molar refractivity (Wildman–Crippen MR) is 82.7 cm³/mol. The minimum absolute atomic E-state index is 0.0418. The van der Waals surface area contributed by atoms with Crippen LogP contribution in [0.15, 0.2) is 46.9 Å². The summed E-state index contributed by atoms with van der Waals surface area (Å²) in [7, 11) is 0. The molecule has 19 heavy (non-hydrogen) atoms. The van der Waals surface area contributed by atoms with Crippen molar-refractivity contribution in [1.82, 2.24) is 0 Å². The second-order valence-corrected chi connectivity index (χ2v) is 5.72. The summed E-state index contributed by atoms with van der Waals surface area (Å²) in [6.07, 6.45) is 0.336. The number of benzene rings is 2. The van der Waals surface area contributed by atoms with Gasteiger partial charge in [-0.05, 0) is 48.4 Å². The molecule has 0 aliphatic heterocycles. The van der Waals surface area contributed by atoms with E-state index in [1.54, 1.807) is 12.1 Å². The molecule has 0 atom stereocenters. The smallest absolute Gasteiger partial charge is 0.228 e. The maximum Gasteiger partial charge on any atom is 0.228 e. The lowest BCUT2D eigenvalue weighted by Gasteiger charge is -2.07. The summed E-state index contributed by atoms with van der Waals surface area (Å²) < 4.78 is 0.953. The summed E-state index contributed by atoms with van der Waals surface area (Å²) in [5.74, 6) is -0.0418. The van der Waals surface area contributed by atoms with Gasteiger partial charge in [-0.15, -0.1) is 0 Å². The highest BCUT2D eigenvalue weighted by molar-refractivity contribution is 9.10. The fourth-order valence-corrected chi connectivity index (χ4v) is 2.54. The summed E-state index contributed by atoms with van der Waals surface area (Å²) in [5.41, 5.74) is 2.83. The Morgan fingerprint density at radius 2 is 1.89 bits per heavy atom. The Morgan fingerprint density at radius 3 is 2.53 bits per heavy atom. The molecule has 2 nitrogen and oxygen atoms in total. The molecule has 1 N–H and O–H groups in total. The van der Waals surface area contributed by atoms with Crippen LogP contribution in [-0.2, 0) is 11.2 Å². The van der Waals surface area contributed by atoms with Crippen molar-refractivity contribution in [3.05, 3.63) is 63.1 Å². The van der Waals surface area contributed by atoms with Crippen LogP contribution in [0.25, 0.3) is 0 Å². The normalized spacial score (nSPS) is 10.3. The molecule has 98 valence electrons. The van der Waals surface area contributed by atoms with Crippen molar-refractivity contribution in [3.63, 3.8) is 0 Å². The second kappa shape index (κ2) is 6.22. The Kier molecular flexibility index (Phi) is 4.61. The van der Waals surface area contributed by atoms with E-state index in [1.807, 2.05) is 37.3 Å². The van der Waals surface area contributed by atoms with E-state index in [0.29, 0.717) is 11.4 Å². The first-order valence-corrected chi connectivity index (χ1v) is 7.01. The van der Waals surface area contributed by atoms with Crippen LogP contribution in [0.3, 0.4) is 0 Å². The van der Waals surface area contributed by atoms with E-state index in [-0.39, 0.29) is 5.91 Å². The standard InChI is InChI=1S/C15H13BrClNO/c1-10-6-12(16)9-14(7-10)18-15(19)8-11-2-4-13(17)5-3-11/h2-7,9H,8H2,1H3,(H,18,19). The number of aryl methyl sites for hydroxylation is 1. The minimum Gasteiger partial charge on any atom is -0.326 e. The van der Waals surface area contributed by atoms with E-state index in [4.69, 9.17) is 11.6 Å². The summed E-state index contributed by atoms with van der Waals surface area (Å²) in [4.78, 5) is 11.9. The van der Waals surface area contributed by atoms with Crippen molar-refractivity contribution in [2.75, 3.05) is 5.32 Å². The Balaban J connectivity index is 2.03. The molecule has 1 amide bonds. The van der Waals surface area contributed by atoms with Gasteiger partial charge in [-0.2, -0.15) is 0 Å². The van der Waals surface area contributed by atoms with Crippen molar-refractivity contribution in [1.29, 1.82) is 0 Å². The summed E-state index contributed by atoms with van der Waals surface area (Å²) in [5, 5.41) is 3.56. The SMILES string of the molecule is Cc1cc(Br)cc(NC(=O)Cc2ccc(Cl)cc2)c1. The van der Waals surface area contributed by atoms with Crippen molar-refractivity contribution in [2.45, 2.75) is 13.3 Å². The minimum atomic E-state index is -0.0418. The third-order valence-corrected chi connectivity index (χ3v) is 3.31. The number of hydrogen-bond acceptors (Lipinski definition) is 1. The van der Waals surface area contributed by atoms with Gasteiger partial charge in [0.05, 0.1) is 6.42 Å². The van der Waals surface area contributed by atoms with Crippen LogP contribution < -0.4 is 5.32 Å². The van der Waals surface area contributed by atoms with Gasteiger partial charge in [0.15, 0.2) is 0 Å². The molecule has 0 radical (unpaired) electrons. The number of halogens is 2. The lowest BCUT2D eigenvalue weighted by molar-refractivity contribution is -0.115. The molecule has 0 saturated heterocycles. The van der Waals surface area contributed by atoms with Gasteiger partial charge in [-0.1, -0.05) is 39.7 Å². The number of amides is 1. The molecule has 0 aromatic heterocycles. The molecule has 2 aromatic carbocycles. The van der Waals surface area contributed by atoms with Gasteiger partial charge in [0.1, 0.15) is 0 Å². The molecule has 0 unspecified atom stereocenters. The Hall–Kier alpha value is -1.32. The first kappa shape index (κ1) is 14.1. The van der Waals surface area contributed by atoms with E-state index in [2.05, 4.69) is 21.2 Å². The van der Waals surface area contributed by atoms with Crippen LogP contribution >= 0.6 is 27.5 Å². The number of carbonyl (C=O) groups excluding carboxylic acids is 1. The molecule has 4 heteroatoms. The van der Waals surface area contributed by atoms with Gasteiger partial charge in [0, 0.05) is 15.2 Å². The molecule has 0 aliphatic carbocycles. The Morgan fingerprint density at radius 1 is 1.21 bits per heavy atom. The molecule has 0 aliphatic rings. The highest BCUT2D eigenvalue weighted by Crippen LogP contribution is 2.19. The third-order valence-electron chi connectivity index (χ3n) is 2.60. The molecule has 0 spiro atoms. The number of anilines is 1. The molecule has 2 aromatic rings. The Bertz CT molecular complexity index is 575. The highest BCUT2D eigenvalue weighted by Gasteiger charge is 2.05. The fraction of sp³-hybridized carbons (Fsp3) is 0.133. The zero-order valence-corrected chi connectivity index (χ0v) is 12.8. The highest BCUT2D eigenvalue weighted by atomic mass is 79.9. The number of rotatable bonds is 3. The lowest BCUT2D eigenvalue weighted by Crippen LogP contribution is -2.14. The zero-order valence-electron chi connectivity index (χ0n) is 10.4. The molecule has 2 rings (SSSR count). The predicted octanol–water partition coefficient (Wildman–Crippen LogP) is 4.59. The molecular weight excluding hydrogens is 326 g/mol. The van der Waals surface area contributed by atoms with Crippen molar-refractivity contribution >= 4 is 39.1 Å². The monoisotopic (exact) mass is 337 g/mol. The van der Waals surface area contributed by atoms with Gasteiger partial charge >= 0.3 is 0 Å². The number of carbonyl (C=O) groups is 1. The van der Waals surface area contributed by atoms with Gasteiger partial charge in [0.2, 0.25) is 5.91 Å². The van der Waals surface area contributed by atoms with Crippen LogP contribution in [0.5, 0.6) is 0 Å². The maximum absolute atomic E-state index is 11.9. The van der Waals surface area contributed by atoms with Crippen molar-refractivity contribution in [3.8, 4) is 0 Å². The molecule has 0 saturated carbocycles. The van der Waals surface area contributed by atoms with Crippen molar-refractivity contribution < 1.29 is 4.79 Å². The molecular formula is C15H13BrClNO. The topological polar surface area (TPSA) is 29.1 Å². The first-order chi connectivity index (χ1) is 9.02. The zero-order chi connectivity index (χ0) is 13.8. The van der Waals surface area contributed by atoms with Gasteiger partial charge in [-0.25, -0.2) is 0 Å². The third kappa shape index (κ3) is 4.37. The summed E-state index contributed by atoms with van der Waals surface area (Å²) >= 11 is 9.22. The summed E-state index contributed by atoms with van der Waals surface area (Å²) in [6.45, 7) is 1.99.